The van der Waals surface area contributed by atoms with Gasteiger partial charge in [0, 0.05) is 41.1 Å². The Kier molecular flexibility index (Phi) is 3.84. The fourth-order valence-corrected chi connectivity index (χ4v) is 4.05. The lowest BCUT2D eigenvalue weighted by Crippen LogP contribution is -2.34. The largest absolute Gasteiger partial charge is 0.343 e. The number of hydrogen-bond donors (Lipinski definition) is 1. The molecule has 0 atom stereocenters. The lowest BCUT2D eigenvalue weighted by molar-refractivity contribution is 0.426. The van der Waals surface area contributed by atoms with E-state index in [1.54, 1.807) is 4.88 Å². The molecule has 0 saturated carbocycles. The van der Waals surface area contributed by atoms with Crippen LogP contribution < -0.4 is 10.2 Å². The first kappa shape index (κ1) is 14.0. The van der Waals surface area contributed by atoms with Crippen LogP contribution >= 0.6 is 22.7 Å². The molecule has 3 heterocycles. The van der Waals surface area contributed by atoms with E-state index < -0.39 is 0 Å². The number of thiazole rings is 1. The fourth-order valence-electron chi connectivity index (χ4n) is 2.29. The van der Waals surface area contributed by atoms with Gasteiger partial charge in [-0.2, -0.15) is 0 Å². The van der Waals surface area contributed by atoms with Crippen molar-refractivity contribution >= 4 is 27.8 Å². The third-order valence-electron chi connectivity index (χ3n) is 3.41. The Morgan fingerprint density at radius 2 is 2.25 bits per heavy atom. The zero-order valence-corrected chi connectivity index (χ0v) is 13.9. The van der Waals surface area contributed by atoms with Crippen LogP contribution in [0.5, 0.6) is 0 Å². The Morgan fingerprint density at radius 1 is 1.40 bits per heavy atom. The monoisotopic (exact) mass is 307 g/mol. The molecular formula is C15H21N3S2. The second-order valence-electron chi connectivity index (χ2n) is 6.25. The highest BCUT2D eigenvalue weighted by Crippen LogP contribution is 2.30. The minimum absolute atomic E-state index is 0.154. The smallest absolute Gasteiger partial charge is 0.185 e. The molecule has 108 valence electrons. The molecule has 2 aromatic rings. The number of nitrogens with zero attached hydrogens (tertiary/aromatic N) is 2. The highest BCUT2D eigenvalue weighted by molar-refractivity contribution is 7.15. The summed E-state index contributed by atoms with van der Waals surface area (Å²) in [6.45, 7) is 9.58. The van der Waals surface area contributed by atoms with Crippen LogP contribution in [0.3, 0.4) is 0 Å². The van der Waals surface area contributed by atoms with E-state index in [1.807, 2.05) is 28.9 Å². The number of nitrogens with one attached hydrogen (secondary N) is 1. The van der Waals surface area contributed by atoms with Crippen molar-refractivity contribution in [2.75, 3.05) is 11.4 Å². The second-order valence-corrected chi connectivity index (χ2v) is 8.35. The highest BCUT2D eigenvalue weighted by atomic mass is 32.1. The van der Waals surface area contributed by atoms with Crippen molar-refractivity contribution in [3.8, 4) is 0 Å². The van der Waals surface area contributed by atoms with Crippen molar-refractivity contribution in [1.29, 1.82) is 0 Å². The maximum atomic E-state index is 4.61. The van der Waals surface area contributed by atoms with Gasteiger partial charge in [-0.25, -0.2) is 4.98 Å². The average molecular weight is 307 g/mol. The van der Waals surface area contributed by atoms with Crippen LogP contribution in [0.2, 0.25) is 0 Å². The molecule has 0 amide bonds. The average Bonchev–Trinajstić information content (AvgIpc) is 3.03. The van der Waals surface area contributed by atoms with E-state index in [0.717, 1.165) is 31.2 Å². The van der Waals surface area contributed by atoms with Gasteiger partial charge < -0.3 is 10.2 Å². The molecule has 1 aliphatic rings. The molecule has 0 saturated heterocycles. The molecule has 3 nitrogen and oxygen atoms in total. The first-order valence-electron chi connectivity index (χ1n) is 7.01. The van der Waals surface area contributed by atoms with E-state index in [-0.39, 0.29) is 5.54 Å². The van der Waals surface area contributed by atoms with Crippen LogP contribution in [0.4, 0.5) is 5.13 Å². The van der Waals surface area contributed by atoms with Gasteiger partial charge in [-0.1, -0.05) is 0 Å². The summed E-state index contributed by atoms with van der Waals surface area (Å²) in [5, 5.41) is 6.88. The van der Waals surface area contributed by atoms with Crippen molar-refractivity contribution in [1.82, 2.24) is 10.3 Å². The van der Waals surface area contributed by atoms with E-state index in [9.17, 15) is 0 Å². The number of thiophene rings is 1. The standard InChI is InChI=1S/C15H21N3S2/c1-15(2,3)17-9-12-8-16-14(20-12)18-6-4-13-11(10-18)5-7-19-13/h5,7-8,17H,4,6,9-10H2,1-3H3. The zero-order chi connectivity index (χ0) is 14.2. The van der Waals surface area contributed by atoms with Gasteiger partial charge in [-0.3, -0.25) is 0 Å². The van der Waals surface area contributed by atoms with Crippen LogP contribution in [0.25, 0.3) is 0 Å². The zero-order valence-electron chi connectivity index (χ0n) is 12.3. The highest BCUT2D eigenvalue weighted by Gasteiger charge is 2.20. The van der Waals surface area contributed by atoms with Crippen LogP contribution in [-0.4, -0.2) is 17.1 Å². The third kappa shape index (κ3) is 3.22. The van der Waals surface area contributed by atoms with Crippen molar-refractivity contribution < 1.29 is 0 Å². The van der Waals surface area contributed by atoms with Crippen LogP contribution in [0, 0.1) is 0 Å². The first-order chi connectivity index (χ1) is 9.51. The summed E-state index contributed by atoms with van der Waals surface area (Å²) in [4.78, 5) is 9.87. The van der Waals surface area contributed by atoms with E-state index in [2.05, 4.69) is 47.4 Å². The maximum Gasteiger partial charge on any atom is 0.185 e. The van der Waals surface area contributed by atoms with E-state index in [4.69, 9.17) is 0 Å². The van der Waals surface area contributed by atoms with Crippen LogP contribution in [0.15, 0.2) is 17.6 Å². The molecule has 2 aromatic heterocycles. The van der Waals surface area contributed by atoms with E-state index in [1.165, 1.54) is 10.4 Å². The molecule has 20 heavy (non-hydrogen) atoms. The third-order valence-corrected chi connectivity index (χ3v) is 5.49. The molecule has 5 heteroatoms. The molecule has 0 aliphatic carbocycles. The van der Waals surface area contributed by atoms with Crippen molar-refractivity contribution in [2.45, 2.75) is 45.8 Å². The molecule has 0 aromatic carbocycles. The topological polar surface area (TPSA) is 28.2 Å². The van der Waals surface area contributed by atoms with Gasteiger partial charge in [0.15, 0.2) is 5.13 Å². The van der Waals surface area contributed by atoms with Crippen molar-refractivity contribution in [2.24, 2.45) is 0 Å². The molecule has 0 fully saturated rings. The molecule has 0 radical (unpaired) electrons. The van der Waals surface area contributed by atoms with Crippen LogP contribution in [-0.2, 0) is 19.5 Å². The quantitative estimate of drug-likeness (QED) is 0.938. The summed E-state index contributed by atoms with van der Waals surface area (Å²) in [6.07, 6.45) is 3.17. The number of fused-ring (bicyclic) bond motifs is 1. The minimum Gasteiger partial charge on any atom is -0.343 e. The first-order valence-corrected chi connectivity index (χ1v) is 8.71. The van der Waals surface area contributed by atoms with Crippen LogP contribution in [0.1, 0.15) is 36.1 Å². The van der Waals surface area contributed by atoms with Gasteiger partial charge in [-0.15, -0.1) is 22.7 Å². The Labute approximate surface area is 128 Å². The van der Waals surface area contributed by atoms with Gasteiger partial charge in [0.2, 0.25) is 0 Å². The van der Waals surface area contributed by atoms with E-state index >= 15 is 0 Å². The lowest BCUT2D eigenvalue weighted by atomic mass is 10.1. The summed E-state index contributed by atoms with van der Waals surface area (Å²) in [7, 11) is 0. The molecule has 0 unspecified atom stereocenters. The summed E-state index contributed by atoms with van der Waals surface area (Å²) in [5.41, 5.74) is 1.63. The predicted octanol–water partition coefficient (Wildman–Crippen LogP) is 3.66. The predicted molar refractivity (Wildman–Crippen MR) is 87.8 cm³/mol. The Hall–Kier alpha value is -0.910. The molecule has 0 bridgehead atoms. The fraction of sp³-hybridized carbons (Fsp3) is 0.533. The second kappa shape index (κ2) is 5.47. The lowest BCUT2D eigenvalue weighted by Gasteiger charge is -2.26. The normalized spacial score (nSPS) is 15.4. The molecule has 0 spiro atoms. The minimum atomic E-state index is 0.154. The van der Waals surface area contributed by atoms with Crippen molar-refractivity contribution in [3.05, 3.63) is 33.0 Å². The number of hydrogen-bond acceptors (Lipinski definition) is 5. The molecule has 1 N–H and O–H groups in total. The van der Waals surface area contributed by atoms with E-state index in [0.29, 0.717) is 0 Å². The van der Waals surface area contributed by atoms with Gasteiger partial charge >= 0.3 is 0 Å². The summed E-state index contributed by atoms with van der Waals surface area (Å²) in [5.74, 6) is 0. The number of aromatic nitrogens is 1. The van der Waals surface area contributed by atoms with Gasteiger partial charge in [0.25, 0.3) is 0 Å². The van der Waals surface area contributed by atoms with Gasteiger partial charge in [0.05, 0.1) is 0 Å². The van der Waals surface area contributed by atoms with Gasteiger partial charge in [0.1, 0.15) is 0 Å². The van der Waals surface area contributed by atoms with Crippen molar-refractivity contribution in [3.63, 3.8) is 0 Å². The summed E-state index contributed by atoms with van der Waals surface area (Å²) < 4.78 is 0. The molecule has 3 rings (SSSR count). The molecule has 1 aliphatic heterocycles. The Balaban J connectivity index is 1.66. The Bertz CT molecular complexity index is 580. The SMILES string of the molecule is CC(C)(C)NCc1cnc(N2CCc3sccc3C2)s1. The number of anilines is 1. The molecular weight excluding hydrogens is 286 g/mol. The summed E-state index contributed by atoms with van der Waals surface area (Å²) >= 11 is 3.70. The Morgan fingerprint density at radius 3 is 3.05 bits per heavy atom. The maximum absolute atomic E-state index is 4.61. The summed E-state index contributed by atoms with van der Waals surface area (Å²) in [6, 6.07) is 2.25. The van der Waals surface area contributed by atoms with Gasteiger partial charge in [-0.05, 0) is 44.2 Å². The number of rotatable bonds is 3.